The Morgan fingerprint density at radius 2 is 1.13 bits per heavy atom. The Kier molecular flexibility index (Phi) is 29.0. The molecule has 0 aromatic heterocycles. The number of carbonyl (C=O) groups excluding carboxylic acids is 1. The summed E-state index contributed by atoms with van der Waals surface area (Å²) in [7, 11) is -4.78. The van der Waals surface area contributed by atoms with E-state index < -0.39 is 70.1 Å². The third-order valence-electron chi connectivity index (χ3n) is 5.01. The smallest absolute Gasteiger partial charge is 1.00 e. The van der Waals surface area contributed by atoms with Crippen molar-refractivity contribution in [1.29, 1.82) is 0 Å². The molecule has 0 rings (SSSR count). The van der Waals surface area contributed by atoms with Crippen LogP contribution in [0.1, 0.15) is 93.2 Å². The van der Waals surface area contributed by atoms with E-state index in [0.717, 1.165) is 19.3 Å². The van der Waals surface area contributed by atoms with E-state index >= 15 is 0 Å². The SMILES string of the molecule is CCCCCCCCCCCCOC(=O)C(CC(=O)O)S(=O)(=O)O.O=C(O)CC(O)(CC(=O)O)C(=O)O.[H-].[H-].[Na+].[Na+]. The first-order valence-electron chi connectivity index (χ1n) is 11.8. The van der Waals surface area contributed by atoms with Crippen molar-refractivity contribution >= 4 is 40.0 Å². The van der Waals surface area contributed by atoms with E-state index in [1.807, 2.05) is 0 Å². The van der Waals surface area contributed by atoms with Gasteiger partial charge in [-0.2, -0.15) is 8.42 Å². The Balaban J connectivity index is -0.000000156. The zero-order valence-electron chi connectivity index (χ0n) is 24.8. The molecule has 0 saturated carbocycles. The fourth-order valence-electron chi connectivity index (χ4n) is 3.04. The molecule has 6 N–H and O–H groups in total. The summed E-state index contributed by atoms with van der Waals surface area (Å²) in [6, 6.07) is 0. The maximum atomic E-state index is 11.6. The van der Waals surface area contributed by atoms with Gasteiger partial charge in [0, 0.05) is 0 Å². The van der Waals surface area contributed by atoms with E-state index in [2.05, 4.69) is 6.92 Å². The number of unbranched alkanes of at least 4 members (excludes halogenated alkanes) is 9. The van der Waals surface area contributed by atoms with Crippen molar-refractivity contribution in [2.24, 2.45) is 0 Å². The zero-order chi connectivity index (χ0) is 29.1. The molecule has 0 aliphatic rings. The van der Waals surface area contributed by atoms with Crippen LogP contribution in [0.3, 0.4) is 0 Å². The van der Waals surface area contributed by atoms with E-state index in [4.69, 9.17) is 34.8 Å². The van der Waals surface area contributed by atoms with Gasteiger partial charge in [-0.25, -0.2) is 4.79 Å². The van der Waals surface area contributed by atoms with Gasteiger partial charge in [0.1, 0.15) is 0 Å². The maximum Gasteiger partial charge on any atom is 1.00 e. The van der Waals surface area contributed by atoms with E-state index in [1.54, 1.807) is 0 Å². The van der Waals surface area contributed by atoms with E-state index in [9.17, 15) is 32.4 Å². The third-order valence-corrected chi connectivity index (χ3v) is 6.09. The van der Waals surface area contributed by atoms with Crippen LogP contribution < -0.4 is 59.1 Å². The van der Waals surface area contributed by atoms with Crippen molar-refractivity contribution in [2.45, 2.75) is 101 Å². The molecule has 0 amide bonds. The normalized spacial score (nSPS) is 11.5. The number of esters is 1. The van der Waals surface area contributed by atoms with Crippen LogP contribution in [0.25, 0.3) is 0 Å². The van der Waals surface area contributed by atoms with Crippen LogP contribution in [0.5, 0.6) is 0 Å². The minimum atomic E-state index is -4.78. The van der Waals surface area contributed by atoms with Gasteiger partial charge in [0.2, 0.25) is 0 Å². The first-order chi connectivity index (χ1) is 17.1. The summed E-state index contributed by atoms with van der Waals surface area (Å²) in [4.78, 5) is 52.6. The quantitative estimate of drug-likeness (QED) is 0.0336. The van der Waals surface area contributed by atoms with Gasteiger partial charge in [0.05, 0.1) is 25.9 Å². The number of ether oxygens (including phenoxy) is 1. The van der Waals surface area contributed by atoms with Gasteiger partial charge in [0.15, 0.2) is 10.9 Å². The van der Waals surface area contributed by atoms with E-state index in [0.29, 0.717) is 6.42 Å². The molecule has 0 bridgehead atoms. The molecule has 0 aromatic rings. The summed E-state index contributed by atoms with van der Waals surface area (Å²) in [6.07, 6.45) is 7.80. The van der Waals surface area contributed by atoms with Crippen molar-refractivity contribution in [3.05, 3.63) is 0 Å². The second-order valence-electron chi connectivity index (χ2n) is 8.43. The molecule has 0 aromatic carbocycles. The van der Waals surface area contributed by atoms with Crippen molar-refractivity contribution in [1.82, 2.24) is 0 Å². The van der Waals surface area contributed by atoms with Gasteiger partial charge < -0.3 is 33.1 Å². The van der Waals surface area contributed by atoms with Crippen molar-refractivity contribution in [2.75, 3.05) is 6.61 Å². The predicted octanol–water partition coefficient (Wildman–Crippen LogP) is -3.83. The first-order valence-corrected chi connectivity index (χ1v) is 13.3. The third kappa shape index (κ3) is 25.9. The van der Waals surface area contributed by atoms with Crippen LogP contribution in [0, 0.1) is 0 Å². The summed E-state index contributed by atoms with van der Waals surface area (Å²) < 4.78 is 35.6. The van der Waals surface area contributed by atoms with Gasteiger partial charge in [-0.15, -0.1) is 0 Å². The summed E-state index contributed by atoms with van der Waals surface area (Å²) >= 11 is 0. The zero-order valence-corrected chi connectivity index (χ0v) is 27.7. The Morgan fingerprint density at radius 1 is 0.744 bits per heavy atom. The molecular weight excluding hydrogens is 566 g/mol. The predicted molar refractivity (Wildman–Crippen MR) is 130 cm³/mol. The number of hydrogen-bond acceptors (Lipinski definition) is 9. The van der Waals surface area contributed by atoms with E-state index in [-0.39, 0.29) is 68.6 Å². The van der Waals surface area contributed by atoms with Crippen LogP contribution >= 0.6 is 0 Å². The Morgan fingerprint density at radius 3 is 1.44 bits per heavy atom. The van der Waals surface area contributed by atoms with Gasteiger partial charge in [0.25, 0.3) is 10.1 Å². The number of hydrogen-bond donors (Lipinski definition) is 6. The second kappa shape index (κ2) is 25.0. The molecule has 39 heavy (non-hydrogen) atoms. The summed E-state index contributed by atoms with van der Waals surface area (Å²) in [5.41, 5.74) is -2.74. The van der Waals surface area contributed by atoms with Crippen LogP contribution in [-0.4, -0.2) is 85.8 Å². The number of rotatable bonds is 20. The standard InChI is InChI=1S/C16H30O7S.C6H8O7.2Na.2H/c1-2-3-4-5-6-7-8-9-10-11-12-23-16(19)14(13-15(17)18)24(20,21)22;7-3(8)1-6(13,5(11)12)2-4(9)10;;;;/h14H,2-13H2,1H3,(H,17,18)(H,20,21,22);13H,1-2H2,(H,7,8)(H,9,10)(H,11,12);;;;/q;;2*+1;2*-1. The molecular formula is C22H40Na2O14S. The molecule has 220 valence electrons. The molecule has 1 atom stereocenters. The van der Waals surface area contributed by atoms with Gasteiger partial charge in [-0.05, 0) is 6.42 Å². The maximum absolute atomic E-state index is 11.6. The van der Waals surface area contributed by atoms with Crippen LogP contribution in [0.15, 0.2) is 0 Å². The number of aliphatic hydroxyl groups is 1. The average molecular weight is 607 g/mol. The van der Waals surface area contributed by atoms with Crippen LogP contribution in [-0.2, 0) is 38.8 Å². The Hall–Kier alpha value is -0.780. The topological polar surface area (TPSA) is 250 Å². The number of aliphatic carboxylic acids is 4. The molecule has 0 aliphatic heterocycles. The fourth-order valence-corrected chi connectivity index (χ4v) is 3.70. The number of carboxylic acid groups (broad SMARTS) is 4. The Labute approximate surface area is 275 Å². The molecule has 0 heterocycles. The van der Waals surface area contributed by atoms with Crippen LogP contribution in [0.2, 0.25) is 0 Å². The molecule has 17 heteroatoms. The molecule has 0 saturated heterocycles. The fraction of sp³-hybridized carbons (Fsp3) is 0.773. The van der Waals surface area contributed by atoms with Crippen molar-refractivity contribution in [3.63, 3.8) is 0 Å². The number of carbonyl (C=O) groups is 5. The number of carboxylic acids is 4. The largest absolute Gasteiger partial charge is 1.00 e. The molecule has 0 radical (unpaired) electrons. The first kappa shape index (κ1) is 45.2. The Bertz CT molecular complexity index is 843. The summed E-state index contributed by atoms with van der Waals surface area (Å²) in [5.74, 6) is -7.72. The molecule has 1 unspecified atom stereocenters. The van der Waals surface area contributed by atoms with Gasteiger partial charge >= 0.3 is 89.0 Å². The van der Waals surface area contributed by atoms with Crippen molar-refractivity contribution in [3.8, 4) is 0 Å². The summed E-state index contributed by atoms with van der Waals surface area (Å²) in [6.45, 7) is 2.22. The second-order valence-corrected chi connectivity index (χ2v) is 10.0. The molecule has 0 fully saturated rings. The molecule has 0 aliphatic carbocycles. The van der Waals surface area contributed by atoms with Gasteiger partial charge in [-0.3, -0.25) is 23.7 Å². The van der Waals surface area contributed by atoms with Gasteiger partial charge in [-0.1, -0.05) is 64.7 Å². The molecule has 14 nitrogen and oxygen atoms in total. The van der Waals surface area contributed by atoms with Crippen LogP contribution in [0.4, 0.5) is 0 Å². The monoisotopic (exact) mass is 606 g/mol. The minimum Gasteiger partial charge on any atom is -1.00 e. The average Bonchev–Trinajstić information content (AvgIpc) is 2.74. The van der Waals surface area contributed by atoms with Crippen molar-refractivity contribution < 1.29 is 129 Å². The van der Waals surface area contributed by atoms with E-state index in [1.165, 1.54) is 38.5 Å². The summed E-state index contributed by atoms with van der Waals surface area (Å²) in [5, 5.41) is 40.3. The molecule has 0 spiro atoms. The minimum absolute atomic E-state index is 0.